The summed E-state index contributed by atoms with van der Waals surface area (Å²) in [6, 6.07) is 14.4. The Morgan fingerprint density at radius 3 is 2.50 bits per heavy atom. The lowest BCUT2D eigenvalue weighted by Crippen LogP contribution is -2.13. The lowest BCUT2D eigenvalue weighted by molar-refractivity contribution is 0.0600. The average molecular weight is 367 g/mol. The Kier molecular flexibility index (Phi) is 5.57. The van der Waals surface area contributed by atoms with Crippen LogP contribution in [-0.2, 0) is 11.2 Å². The molecule has 0 saturated carbocycles. The molecule has 1 aliphatic heterocycles. The third-order valence-electron chi connectivity index (χ3n) is 4.93. The van der Waals surface area contributed by atoms with Crippen LogP contribution in [0.1, 0.15) is 54.2 Å². The molecule has 0 atom stereocenters. The molecule has 0 bridgehead atoms. The van der Waals surface area contributed by atoms with E-state index in [1.54, 1.807) is 12.1 Å². The first-order valence-corrected chi connectivity index (χ1v) is 9.99. The highest BCUT2D eigenvalue weighted by Gasteiger charge is 2.23. The van der Waals surface area contributed by atoms with Gasteiger partial charge in [0, 0.05) is 10.6 Å². The molecular weight excluding hydrogens is 340 g/mol. The molecule has 0 aromatic heterocycles. The summed E-state index contributed by atoms with van der Waals surface area (Å²) in [5, 5.41) is 0. The minimum Gasteiger partial charge on any atom is -0.465 e. The van der Waals surface area contributed by atoms with Gasteiger partial charge in [-0.3, -0.25) is 0 Å². The lowest BCUT2D eigenvalue weighted by Gasteiger charge is -2.20. The van der Waals surface area contributed by atoms with Crippen molar-refractivity contribution in [1.82, 2.24) is 0 Å². The largest absolute Gasteiger partial charge is 0.465 e. The first kappa shape index (κ1) is 18.8. The number of ether oxygens (including phenoxy) is 1. The summed E-state index contributed by atoms with van der Waals surface area (Å²) >= 11 is 1.98. The highest BCUT2D eigenvalue weighted by Crippen LogP contribution is 2.39. The van der Waals surface area contributed by atoms with Gasteiger partial charge in [-0.15, -0.1) is 11.8 Å². The Morgan fingerprint density at radius 2 is 1.81 bits per heavy atom. The first-order valence-electron chi connectivity index (χ1n) is 9.01. The minimum atomic E-state index is -0.303. The quantitative estimate of drug-likeness (QED) is 0.485. The summed E-state index contributed by atoms with van der Waals surface area (Å²) in [5.41, 5.74) is 6.01. The molecule has 136 valence electrons. The summed E-state index contributed by atoms with van der Waals surface area (Å²) < 4.78 is 4.75. The third kappa shape index (κ3) is 4.39. The van der Waals surface area contributed by atoms with Crippen molar-refractivity contribution in [3.63, 3.8) is 0 Å². The highest BCUT2D eigenvalue weighted by molar-refractivity contribution is 7.99. The summed E-state index contributed by atoms with van der Waals surface area (Å²) in [7, 11) is 1.40. The molecule has 0 unspecified atom stereocenters. The number of benzene rings is 2. The molecule has 0 N–H and O–H groups in total. The number of rotatable bonds is 3. The third-order valence-corrected chi connectivity index (χ3v) is 6.54. The van der Waals surface area contributed by atoms with Gasteiger partial charge in [-0.25, -0.2) is 4.79 Å². The molecule has 1 aliphatic rings. The molecule has 0 fully saturated rings. The molecule has 1 heterocycles. The van der Waals surface area contributed by atoms with Crippen molar-refractivity contribution in [2.24, 2.45) is 5.41 Å². The molecule has 0 aliphatic carbocycles. The van der Waals surface area contributed by atoms with Crippen molar-refractivity contribution in [2.45, 2.75) is 38.5 Å². The first-order chi connectivity index (χ1) is 12.4. The summed E-state index contributed by atoms with van der Waals surface area (Å²) in [4.78, 5) is 13.0. The van der Waals surface area contributed by atoms with E-state index < -0.39 is 0 Å². The minimum absolute atomic E-state index is 0.303. The predicted molar refractivity (Wildman–Crippen MR) is 111 cm³/mol. The topological polar surface area (TPSA) is 26.3 Å². The fraction of sp³-hybridized carbons (Fsp3) is 0.348. The summed E-state index contributed by atoms with van der Waals surface area (Å²) in [6.45, 7) is 6.85. The molecule has 2 aromatic rings. The van der Waals surface area contributed by atoms with Crippen LogP contribution in [0.15, 0.2) is 47.4 Å². The maximum atomic E-state index is 11.5. The summed E-state index contributed by atoms with van der Waals surface area (Å²) in [5.74, 6) is 0.865. The van der Waals surface area contributed by atoms with Gasteiger partial charge in [0.05, 0.1) is 12.7 Å². The molecule has 0 spiro atoms. The molecule has 0 saturated heterocycles. The smallest absolute Gasteiger partial charge is 0.337 e. The van der Waals surface area contributed by atoms with Crippen molar-refractivity contribution in [3.8, 4) is 0 Å². The van der Waals surface area contributed by atoms with E-state index in [4.69, 9.17) is 4.74 Å². The second-order valence-corrected chi connectivity index (χ2v) is 8.73. The van der Waals surface area contributed by atoms with Crippen molar-refractivity contribution >= 4 is 29.4 Å². The van der Waals surface area contributed by atoms with E-state index in [2.05, 4.69) is 45.0 Å². The van der Waals surface area contributed by atoms with Crippen molar-refractivity contribution in [1.29, 1.82) is 0 Å². The van der Waals surface area contributed by atoms with Crippen molar-refractivity contribution in [3.05, 3.63) is 64.7 Å². The normalized spacial score (nSPS) is 16.5. The van der Waals surface area contributed by atoms with Crippen LogP contribution in [0, 0.1) is 5.41 Å². The Hall–Kier alpha value is -2.00. The SMILES string of the molecule is COC(=O)c1ccc(C=C(C)c2ccc3c(c2)SCC(C)(C)CC3)cc1. The Labute approximate surface area is 160 Å². The summed E-state index contributed by atoms with van der Waals surface area (Å²) in [6.07, 6.45) is 4.56. The molecule has 2 aromatic carbocycles. The number of carbonyl (C=O) groups excluding carboxylic acids is 1. The number of carbonyl (C=O) groups is 1. The van der Waals surface area contributed by atoms with E-state index in [9.17, 15) is 4.79 Å². The van der Waals surface area contributed by atoms with Crippen LogP contribution in [-0.4, -0.2) is 18.8 Å². The van der Waals surface area contributed by atoms with Gasteiger partial charge < -0.3 is 4.74 Å². The standard InChI is InChI=1S/C23H26O2S/c1-16(13-17-5-7-19(8-6-17)22(24)25-4)20-10-9-18-11-12-23(2,3)15-26-21(18)14-20/h5-10,13-14H,11-12,15H2,1-4H3. The molecular formula is C23H26O2S. The number of thioether (sulfide) groups is 1. The van der Waals surface area contributed by atoms with Crippen LogP contribution >= 0.6 is 11.8 Å². The number of hydrogen-bond donors (Lipinski definition) is 0. The van der Waals surface area contributed by atoms with E-state index >= 15 is 0 Å². The number of hydrogen-bond acceptors (Lipinski definition) is 3. The van der Waals surface area contributed by atoms with Gasteiger partial charge in [-0.05, 0) is 65.6 Å². The Morgan fingerprint density at radius 1 is 1.12 bits per heavy atom. The van der Waals surface area contributed by atoms with Crippen LogP contribution in [0.3, 0.4) is 0 Å². The van der Waals surface area contributed by atoms with Crippen LogP contribution in [0.2, 0.25) is 0 Å². The van der Waals surface area contributed by atoms with Gasteiger partial charge in [0.25, 0.3) is 0 Å². The van der Waals surface area contributed by atoms with Crippen LogP contribution < -0.4 is 0 Å². The number of allylic oxidation sites excluding steroid dienone is 1. The maximum absolute atomic E-state index is 11.5. The second-order valence-electron chi connectivity index (χ2n) is 7.72. The van der Waals surface area contributed by atoms with Crippen molar-refractivity contribution in [2.75, 3.05) is 12.9 Å². The lowest BCUT2D eigenvalue weighted by atomic mass is 9.88. The van der Waals surface area contributed by atoms with Gasteiger partial charge in [-0.2, -0.15) is 0 Å². The van der Waals surface area contributed by atoms with Gasteiger partial charge in [0.1, 0.15) is 0 Å². The molecule has 0 amide bonds. The zero-order valence-corrected chi connectivity index (χ0v) is 16.8. The van der Waals surface area contributed by atoms with E-state index in [1.807, 2.05) is 23.9 Å². The van der Waals surface area contributed by atoms with Gasteiger partial charge in [0.2, 0.25) is 0 Å². The zero-order chi connectivity index (χ0) is 18.7. The Bertz CT molecular complexity index is 832. The Balaban J connectivity index is 1.82. The number of aryl methyl sites for hydroxylation is 1. The molecule has 2 nitrogen and oxygen atoms in total. The van der Waals surface area contributed by atoms with E-state index in [1.165, 1.54) is 40.9 Å². The molecule has 0 radical (unpaired) electrons. The molecule has 26 heavy (non-hydrogen) atoms. The van der Waals surface area contributed by atoms with Gasteiger partial charge in [0.15, 0.2) is 0 Å². The number of esters is 1. The van der Waals surface area contributed by atoms with Crippen LogP contribution in [0.5, 0.6) is 0 Å². The van der Waals surface area contributed by atoms with Crippen LogP contribution in [0.25, 0.3) is 11.6 Å². The monoisotopic (exact) mass is 366 g/mol. The number of methoxy groups -OCH3 is 1. The van der Waals surface area contributed by atoms with Gasteiger partial charge in [-0.1, -0.05) is 44.2 Å². The average Bonchev–Trinajstić information content (AvgIpc) is 2.80. The second kappa shape index (κ2) is 7.71. The zero-order valence-electron chi connectivity index (χ0n) is 16.0. The maximum Gasteiger partial charge on any atom is 0.337 e. The van der Waals surface area contributed by atoms with E-state index in [-0.39, 0.29) is 5.97 Å². The molecule has 3 rings (SSSR count). The van der Waals surface area contributed by atoms with Gasteiger partial charge >= 0.3 is 5.97 Å². The van der Waals surface area contributed by atoms with Crippen LogP contribution in [0.4, 0.5) is 0 Å². The fourth-order valence-corrected chi connectivity index (χ4v) is 4.38. The predicted octanol–water partition coefficient (Wildman–Crippen LogP) is 6.10. The molecule has 3 heteroatoms. The fourth-order valence-electron chi connectivity index (χ4n) is 3.13. The number of fused-ring (bicyclic) bond motifs is 1. The highest BCUT2D eigenvalue weighted by atomic mass is 32.2. The van der Waals surface area contributed by atoms with Crippen molar-refractivity contribution < 1.29 is 9.53 Å². The van der Waals surface area contributed by atoms with E-state index in [0.29, 0.717) is 11.0 Å². The van der Waals surface area contributed by atoms with E-state index in [0.717, 1.165) is 12.0 Å².